The van der Waals surface area contributed by atoms with Crippen LogP contribution in [0.2, 0.25) is 10.0 Å². The zero-order valence-corrected chi connectivity index (χ0v) is 14.2. The first-order valence-electron chi connectivity index (χ1n) is 6.69. The second kappa shape index (κ2) is 6.95. The van der Waals surface area contributed by atoms with Gasteiger partial charge in [0.25, 0.3) is 0 Å². The number of hydrogen-bond donors (Lipinski definition) is 1. The maximum absolute atomic E-state index is 11.6. The topological polar surface area (TPSA) is 71.3 Å². The van der Waals surface area contributed by atoms with E-state index in [1.54, 1.807) is 32.0 Å². The fourth-order valence-electron chi connectivity index (χ4n) is 2.43. The molecule has 0 fully saturated rings. The molecule has 0 saturated carbocycles. The predicted molar refractivity (Wildman–Crippen MR) is 86.8 cm³/mol. The third-order valence-electron chi connectivity index (χ3n) is 3.47. The van der Waals surface area contributed by atoms with Crippen molar-refractivity contribution in [1.82, 2.24) is 5.32 Å². The summed E-state index contributed by atoms with van der Waals surface area (Å²) in [6.45, 7) is 3.50. The summed E-state index contributed by atoms with van der Waals surface area (Å²) in [5, 5.41) is 13.2. The smallest absolute Gasteiger partial charge is 0.437 e. The number of nitrogens with zero attached hydrogens (tertiary/aromatic N) is 1. The quantitative estimate of drug-likeness (QED) is 0.793. The molecule has 7 heteroatoms. The van der Waals surface area contributed by atoms with Crippen LogP contribution in [0.15, 0.2) is 40.9 Å². The Hall–Kier alpha value is -2.16. The molecule has 0 radical (unpaired) electrons. The molecule has 1 atom stereocenters. The minimum atomic E-state index is -0.874. The maximum Gasteiger partial charge on any atom is 0.513 e. The number of methoxy groups -OCH3 is 1. The fraction of sp³-hybridized carbons (Fsp3) is 0.250. The van der Waals surface area contributed by atoms with E-state index < -0.39 is 12.1 Å². The van der Waals surface area contributed by atoms with Crippen LogP contribution < -0.4 is 5.32 Å². The molecule has 120 valence electrons. The van der Waals surface area contributed by atoms with E-state index in [1.807, 2.05) is 0 Å². The normalized spacial score (nSPS) is 17.5. The number of nitrogens with one attached hydrogen (secondary N) is 1. The van der Waals surface area contributed by atoms with Crippen LogP contribution in [0.5, 0.6) is 0 Å². The lowest BCUT2D eigenvalue weighted by atomic mass is 9.86. The minimum Gasteiger partial charge on any atom is -0.437 e. The van der Waals surface area contributed by atoms with Gasteiger partial charge in [0.05, 0.1) is 40.4 Å². The molecule has 0 bridgehead atoms. The van der Waals surface area contributed by atoms with Gasteiger partial charge in [0.2, 0.25) is 0 Å². The highest BCUT2D eigenvalue weighted by atomic mass is 35.5. The van der Waals surface area contributed by atoms with Gasteiger partial charge in [-0.05, 0) is 25.5 Å². The number of carbonyl (C=O) groups excluding carboxylic acids is 1. The minimum absolute atomic E-state index is 0.253. The van der Waals surface area contributed by atoms with Crippen molar-refractivity contribution in [2.45, 2.75) is 19.8 Å². The van der Waals surface area contributed by atoms with E-state index >= 15 is 0 Å². The molecular weight excluding hydrogens is 339 g/mol. The third-order valence-corrected chi connectivity index (χ3v) is 4.31. The van der Waals surface area contributed by atoms with Crippen LogP contribution >= 0.6 is 23.2 Å². The first-order valence-corrected chi connectivity index (χ1v) is 7.44. The number of rotatable bonds is 2. The van der Waals surface area contributed by atoms with Crippen LogP contribution in [-0.4, -0.2) is 13.3 Å². The second-order valence-corrected chi connectivity index (χ2v) is 5.68. The van der Waals surface area contributed by atoms with Crippen molar-refractivity contribution in [3.8, 4) is 6.07 Å². The Labute approximate surface area is 144 Å². The van der Waals surface area contributed by atoms with E-state index in [9.17, 15) is 10.1 Å². The molecule has 1 aliphatic heterocycles. The third kappa shape index (κ3) is 3.29. The Morgan fingerprint density at radius 1 is 1.30 bits per heavy atom. The van der Waals surface area contributed by atoms with Crippen molar-refractivity contribution in [2.75, 3.05) is 7.11 Å². The summed E-state index contributed by atoms with van der Waals surface area (Å²) in [6, 6.07) is 7.25. The molecule has 0 aromatic heterocycles. The van der Waals surface area contributed by atoms with Crippen LogP contribution in [0, 0.1) is 11.3 Å². The zero-order valence-electron chi connectivity index (χ0n) is 12.7. The van der Waals surface area contributed by atoms with Gasteiger partial charge < -0.3 is 14.8 Å². The summed E-state index contributed by atoms with van der Waals surface area (Å²) < 4.78 is 9.82. The first kappa shape index (κ1) is 17.2. The van der Waals surface area contributed by atoms with Crippen LogP contribution in [-0.2, 0) is 9.47 Å². The van der Waals surface area contributed by atoms with Crippen molar-refractivity contribution >= 4 is 29.4 Å². The predicted octanol–water partition coefficient (Wildman–Crippen LogP) is 4.49. The van der Waals surface area contributed by atoms with Gasteiger partial charge in [0.1, 0.15) is 5.76 Å². The highest BCUT2D eigenvalue weighted by Crippen LogP contribution is 2.42. The molecule has 1 aromatic rings. The lowest BCUT2D eigenvalue weighted by Gasteiger charge is -2.29. The van der Waals surface area contributed by atoms with Crippen molar-refractivity contribution < 1.29 is 14.3 Å². The van der Waals surface area contributed by atoms with Gasteiger partial charge in [-0.15, -0.1) is 0 Å². The zero-order chi connectivity index (χ0) is 17.1. The molecule has 1 heterocycles. The first-order chi connectivity index (χ1) is 10.9. The Morgan fingerprint density at radius 2 is 2.00 bits per heavy atom. The van der Waals surface area contributed by atoms with E-state index in [0.29, 0.717) is 32.6 Å². The van der Waals surface area contributed by atoms with Gasteiger partial charge >= 0.3 is 6.16 Å². The molecule has 0 saturated heterocycles. The van der Waals surface area contributed by atoms with E-state index in [0.717, 1.165) is 0 Å². The highest BCUT2D eigenvalue weighted by Gasteiger charge is 2.34. The monoisotopic (exact) mass is 352 g/mol. The molecule has 0 amide bonds. The Bertz CT molecular complexity index is 763. The van der Waals surface area contributed by atoms with E-state index in [4.69, 9.17) is 27.9 Å². The Balaban J connectivity index is 2.64. The van der Waals surface area contributed by atoms with Gasteiger partial charge in [-0.1, -0.05) is 35.3 Å². The summed E-state index contributed by atoms with van der Waals surface area (Å²) in [7, 11) is 1.21. The van der Waals surface area contributed by atoms with E-state index in [1.165, 1.54) is 7.11 Å². The summed E-state index contributed by atoms with van der Waals surface area (Å²) >= 11 is 12.4. The molecule has 1 unspecified atom stereocenters. The van der Waals surface area contributed by atoms with Gasteiger partial charge in [-0.2, -0.15) is 5.26 Å². The van der Waals surface area contributed by atoms with Crippen LogP contribution in [0.4, 0.5) is 4.79 Å². The molecule has 0 spiro atoms. The summed E-state index contributed by atoms with van der Waals surface area (Å²) in [6.07, 6.45) is -0.874. The summed E-state index contributed by atoms with van der Waals surface area (Å²) in [4.78, 5) is 11.6. The number of carbonyl (C=O) groups is 1. The number of dihydropyridines is 1. The van der Waals surface area contributed by atoms with Gasteiger partial charge in [-0.25, -0.2) is 4.79 Å². The van der Waals surface area contributed by atoms with Crippen molar-refractivity contribution in [3.05, 3.63) is 56.5 Å². The number of nitriles is 1. The van der Waals surface area contributed by atoms with Crippen molar-refractivity contribution in [2.24, 2.45) is 0 Å². The molecule has 1 N–H and O–H groups in total. The lowest BCUT2D eigenvalue weighted by Crippen LogP contribution is -2.26. The molecule has 1 aromatic carbocycles. The van der Waals surface area contributed by atoms with Crippen molar-refractivity contribution in [1.29, 1.82) is 5.26 Å². The number of ether oxygens (including phenoxy) is 2. The maximum atomic E-state index is 11.6. The van der Waals surface area contributed by atoms with Gasteiger partial charge in [-0.3, -0.25) is 0 Å². The van der Waals surface area contributed by atoms with Crippen molar-refractivity contribution in [3.63, 3.8) is 0 Å². The number of hydrogen-bond acceptors (Lipinski definition) is 5. The number of allylic oxidation sites excluding steroid dienone is 3. The number of benzene rings is 1. The van der Waals surface area contributed by atoms with E-state index in [2.05, 4.69) is 16.1 Å². The van der Waals surface area contributed by atoms with Gasteiger partial charge in [0, 0.05) is 5.70 Å². The number of halogens is 2. The molecule has 1 aliphatic rings. The molecule has 0 aliphatic carbocycles. The highest BCUT2D eigenvalue weighted by molar-refractivity contribution is 6.42. The SMILES string of the molecule is COC(=O)OC1=C(C)NC(C)=C(C#N)C1c1cccc(Cl)c1Cl. The second-order valence-electron chi connectivity index (χ2n) is 4.90. The summed E-state index contributed by atoms with van der Waals surface area (Å²) in [5.41, 5.74) is 2.21. The van der Waals surface area contributed by atoms with E-state index in [-0.39, 0.29) is 5.76 Å². The van der Waals surface area contributed by atoms with Crippen LogP contribution in [0.3, 0.4) is 0 Å². The average Bonchev–Trinajstić information content (AvgIpc) is 2.52. The summed E-state index contributed by atoms with van der Waals surface area (Å²) in [5.74, 6) is -0.394. The molecular formula is C16H14Cl2N2O3. The molecule has 23 heavy (non-hydrogen) atoms. The van der Waals surface area contributed by atoms with Crippen LogP contribution in [0.25, 0.3) is 0 Å². The average molecular weight is 353 g/mol. The van der Waals surface area contributed by atoms with Crippen LogP contribution in [0.1, 0.15) is 25.3 Å². The Kier molecular flexibility index (Phi) is 5.19. The molecule has 2 rings (SSSR count). The lowest BCUT2D eigenvalue weighted by molar-refractivity contribution is 0.0922. The molecule has 5 nitrogen and oxygen atoms in total. The van der Waals surface area contributed by atoms with Gasteiger partial charge in [0.15, 0.2) is 0 Å². The Morgan fingerprint density at radius 3 is 2.61 bits per heavy atom. The largest absolute Gasteiger partial charge is 0.513 e. The standard InChI is InChI=1S/C16H14Cl2N2O3/c1-8-11(7-19)13(10-5-4-6-12(17)14(10)18)15(9(2)20-8)23-16(21)22-3/h4-6,13,20H,1-3H3. The fourth-order valence-corrected chi connectivity index (χ4v) is 2.85.